The Morgan fingerprint density at radius 1 is 0.275 bits per heavy atom. The van der Waals surface area contributed by atoms with Crippen LogP contribution in [0.4, 0.5) is 0 Å². The fourth-order valence-corrected chi connectivity index (χ4v) is 6.55. The molecule has 0 rings (SSSR count). The predicted molar refractivity (Wildman–Crippen MR) is 176 cm³/mol. The van der Waals surface area contributed by atoms with Crippen molar-refractivity contribution in [2.45, 2.75) is 212 Å². The molecule has 0 amide bonds. The van der Waals surface area contributed by atoms with Crippen molar-refractivity contribution in [3.8, 4) is 0 Å². The van der Waals surface area contributed by atoms with E-state index in [1.165, 1.54) is 186 Å². The third-order valence-corrected chi connectivity index (χ3v) is 9.51. The highest BCUT2D eigenvalue weighted by Gasteiger charge is 2.10. The van der Waals surface area contributed by atoms with Crippen LogP contribution in [-0.2, 0) is 4.57 Å². The van der Waals surface area contributed by atoms with Crippen LogP contribution in [0.1, 0.15) is 212 Å². The Kier molecular flexibility index (Phi) is 33.7. The van der Waals surface area contributed by atoms with Crippen LogP contribution in [0, 0.1) is 0 Å². The van der Waals surface area contributed by atoms with Crippen molar-refractivity contribution in [3.05, 3.63) is 0 Å². The minimum Gasteiger partial charge on any atom is -0.396 e. The van der Waals surface area contributed by atoms with E-state index in [0.29, 0.717) is 13.0 Å². The van der Waals surface area contributed by atoms with Gasteiger partial charge in [0.15, 0.2) is 0 Å². The highest BCUT2D eigenvalue weighted by Crippen LogP contribution is 2.35. The smallest absolute Gasteiger partial charge is 0.325 e. The molecule has 0 fully saturated rings. The Hall–Kier alpha value is 0.110. The minimum absolute atomic E-state index is 0.0590. The SMILES string of the molecule is O=P(O)(O)CCCCCCCCCCCCCCCCCCCCCCCCCCCCCCCCCCCO. The fraction of sp³-hybridized carbons (Fsp3) is 1.00. The van der Waals surface area contributed by atoms with Crippen LogP contribution in [-0.4, -0.2) is 27.7 Å². The summed E-state index contributed by atoms with van der Waals surface area (Å²) in [5.41, 5.74) is 0. The summed E-state index contributed by atoms with van der Waals surface area (Å²) in [4.78, 5) is 17.7. The van der Waals surface area contributed by atoms with E-state index in [0.717, 1.165) is 19.3 Å². The van der Waals surface area contributed by atoms with Crippen LogP contribution >= 0.6 is 7.60 Å². The molecule has 0 aromatic rings. The van der Waals surface area contributed by atoms with E-state index in [2.05, 4.69) is 0 Å². The Labute approximate surface area is 251 Å². The molecule has 0 saturated heterocycles. The second-order valence-electron chi connectivity index (χ2n) is 12.8. The average molecular weight is 589 g/mol. The van der Waals surface area contributed by atoms with Crippen LogP contribution in [0.5, 0.6) is 0 Å². The molecule has 0 saturated carbocycles. The quantitative estimate of drug-likeness (QED) is 0.0508. The van der Waals surface area contributed by atoms with Gasteiger partial charge in [-0.1, -0.05) is 199 Å². The van der Waals surface area contributed by atoms with E-state index in [4.69, 9.17) is 14.9 Å². The summed E-state index contributed by atoms with van der Waals surface area (Å²) in [6.45, 7) is 0.365. The third-order valence-electron chi connectivity index (χ3n) is 8.61. The Bertz CT molecular complexity index is 508. The van der Waals surface area contributed by atoms with Gasteiger partial charge in [0.1, 0.15) is 0 Å². The lowest BCUT2D eigenvalue weighted by molar-refractivity contribution is 0.282. The van der Waals surface area contributed by atoms with Crippen molar-refractivity contribution in [3.63, 3.8) is 0 Å². The number of unbranched alkanes of at least 4 members (excludes halogenated alkanes) is 32. The Morgan fingerprint density at radius 2 is 0.425 bits per heavy atom. The van der Waals surface area contributed by atoms with Gasteiger partial charge in [-0.15, -0.1) is 0 Å². The number of aliphatic hydroxyl groups excluding tert-OH is 1. The van der Waals surface area contributed by atoms with E-state index in [9.17, 15) is 4.57 Å². The number of rotatable bonds is 35. The first kappa shape index (κ1) is 40.1. The molecule has 0 aliphatic heterocycles. The zero-order valence-corrected chi connectivity index (χ0v) is 27.8. The monoisotopic (exact) mass is 589 g/mol. The Morgan fingerprint density at radius 3 is 0.575 bits per heavy atom. The Balaban J connectivity index is 3.04. The molecule has 40 heavy (non-hydrogen) atoms. The van der Waals surface area contributed by atoms with Crippen LogP contribution in [0.3, 0.4) is 0 Å². The second-order valence-corrected chi connectivity index (χ2v) is 14.6. The van der Waals surface area contributed by atoms with E-state index in [1.807, 2.05) is 0 Å². The van der Waals surface area contributed by atoms with E-state index in [-0.39, 0.29) is 6.16 Å². The molecule has 0 aliphatic carbocycles. The first-order chi connectivity index (χ1) is 19.6. The van der Waals surface area contributed by atoms with E-state index in [1.54, 1.807) is 0 Å². The molecule has 0 bridgehead atoms. The van der Waals surface area contributed by atoms with Crippen molar-refractivity contribution >= 4 is 7.60 Å². The molecule has 0 spiro atoms. The fourth-order valence-electron chi connectivity index (χ4n) is 5.91. The summed E-state index contributed by atoms with van der Waals surface area (Å²) in [6, 6.07) is 0. The zero-order chi connectivity index (χ0) is 29.2. The summed E-state index contributed by atoms with van der Waals surface area (Å²) >= 11 is 0. The number of hydrogen-bond donors (Lipinski definition) is 3. The maximum Gasteiger partial charge on any atom is 0.325 e. The summed E-state index contributed by atoms with van der Waals surface area (Å²) in [6.07, 6.45) is 44.4. The van der Waals surface area contributed by atoms with E-state index >= 15 is 0 Å². The third kappa shape index (κ3) is 38.1. The van der Waals surface area contributed by atoms with Gasteiger partial charge >= 0.3 is 7.60 Å². The highest BCUT2D eigenvalue weighted by atomic mass is 31.2. The van der Waals surface area contributed by atoms with Crippen molar-refractivity contribution in [1.82, 2.24) is 0 Å². The lowest BCUT2D eigenvalue weighted by Crippen LogP contribution is -1.88. The van der Waals surface area contributed by atoms with Crippen LogP contribution in [0.15, 0.2) is 0 Å². The zero-order valence-electron chi connectivity index (χ0n) is 26.9. The van der Waals surface area contributed by atoms with Gasteiger partial charge in [-0.05, 0) is 12.8 Å². The van der Waals surface area contributed by atoms with Crippen molar-refractivity contribution in [2.75, 3.05) is 12.8 Å². The molecular formula is C35H73O4P. The molecule has 0 aliphatic rings. The van der Waals surface area contributed by atoms with Crippen LogP contribution in [0.25, 0.3) is 0 Å². The van der Waals surface area contributed by atoms with Gasteiger partial charge in [0.2, 0.25) is 0 Å². The van der Waals surface area contributed by atoms with Gasteiger partial charge < -0.3 is 14.9 Å². The topological polar surface area (TPSA) is 77.8 Å². The lowest BCUT2D eigenvalue weighted by atomic mass is 10.0. The lowest BCUT2D eigenvalue weighted by Gasteiger charge is -2.05. The van der Waals surface area contributed by atoms with Gasteiger partial charge in [0.05, 0.1) is 0 Å². The van der Waals surface area contributed by atoms with Crippen LogP contribution < -0.4 is 0 Å². The normalized spacial score (nSPS) is 12.0. The summed E-state index contributed by atoms with van der Waals surface area (Å²) < 4.78 is 10.8. The van der Waals surface area contributed by atoms with Crippen molar-refractivity contribution in [1.29, 1.82) is 0 Å². The average Bonchev–Trinajstić information content (AvgIpc) is 2.92. The number of hydrogen-bond acceptors (Lipinski definition) is 2. The highest BCUT2D eigenvalue weighted by molar-refractivity contribution is 7.51. The predicted octanol–water partition coefficient (Wildman–Crippen LogP) is 12.0. The van der Waals surface area contributed by atoms with Gasteiger partial charge in [-0.25, -0.2) is 0 Å². The molecule has 242 valence electrons. The molecule has 5 heteroatoms. The summed E-state index contributed by atoms with van der Waals surface area (Å²) in [7, 11) is -3.77. The number of aliphatic hydroxyl groups is 1. The summed E-state index contributed by atoms with van der Waals surface area (Å²) in [5, 5.41) is 8.78. The maximum absolute atomic E-state index is 10.8. The minimum atomic E-state index is -3.77. The first-order valence-electron chi connectivity index (χ1n) is 18.2. The first-order valence-corrected chi connectivity index (χ1v) is 20.0. The van der Waals surface area contributed by atoms with Gasteiger partial charge in [0.25, 0.3) is 0 Å². The molecule has 0 radical (unpaired) electrons. The van der Waals surface area contributed by atoms with Gasteiger partial charge in [0, 0.05) is 12.8 Å². The molecule has 0 atom stereocenters. The molecule has 0 aromatic carbocycles. The van der Waals surface area contributed by atoms with Crippen LogP contribution in [0.2, 0.25) is 0 Å². The standard InChI is InChI=1S/C35H73O4P/c36-34-32-30-28-26-24-22-20-18-16-14-12-10-8-6-4-2-1-3-5-7-9-11-13-15-17-19-21-23-25-27-29-31-33-35-40(37,38)39/h36H,1-35H2,(H2,37,38,39). The molecule has 3 N–H and O–H groups in total. The van der Waals surface area contributed by atoms with Gasteiger partial charge in [-0.2, -0.15) is 0 Å². The molecule has 0 aromatic heterocycles. The molecule has 0 heterocycles. The van der Waals surface area contributed by atoms with Crippen molar-refractivity contribution < 1.29 is 19.5 Å². The molecule has 4 nitrogen and oxygen atoms in total. The largest absolute Gasteiger partial charge is 0.396 e. The maximum atomic E-state index is 10.8. The van der Waals surface area contributed by atoms with Crippen molar-refractivity contribution in [2.24, 2.45) is 0 Å². The molecular weight excluding hydrogens is 515 g/mol. The second kappa shape index (κ2) is 33.6. The molecule has 0 unspecified atom stereocenters. The van der Waals surface area contributed by atoms with E-state index < -0.39 is 7.60 Å². The van der Waals surface area contributed by atoms with Gasteiger partial charge in [-0.3, -0.25) is 4.57 Å². The summed E-state index contributed by atoms with van der Waals surface area (Å²) in [5.74, 6) is 0.